The van der Waals surface area contributed by atoms with Crippen LogP contribution in [0.2, 0.25) is 0 Å². The molecular weight excluding hydrogens is 702 g/mol. The highest BCUT2D eigenvalue weighted by atomic mass is 19.4. The van der Waals surface area contributed by atoms with E-state index in [1.165, 1.54) is 48.5 Å². The summed E-state index contributed by atoms with van der Waals surface area (Å²) in [5.74, 6) is -2.55. The fourth-order valence-electron chi connectivity index (χ4n) is 4.29. The molecule has 2 aromatic heterocycles. The van der Waals surface area contributed by atoms with Gasteiger partial charge >= 0.3 is 12.4 Å². The van der Waals surface area contributed by atoms with Crippen molar-refractivity contribution in [3.8, 4) is 0 Å². The van der Waals surface area contributed by atoms with Crippen molar-refractivity contribution in [3.63, 3.8) is 0 Å². The number of nitrogens with zero attached hydrogens (tertiary/aromatic N) is 4. The Morgan fingerprint density at radius 3 is 1.27 bits per heavy atom. The number of anilines is 6. The van der Waals surface area contributed by atoms with Gasteiger partial charge in [0.25, 0.3) is 0 Å². The van der Waals surface area contributed by atoms with Crippen molar-refractivity contribution < 1.29 is 45.5 Å². The van der Waals surface area contributed by atoms with Crippen LogP contribution < -0.4 is 31.9 Å². The largest absolute Gasteiger partial charge is 0.421 e. The molecule has 274 valence electrons. The molecule has 4 aromatic rings. The molecule has 2 heterocycles. The van der Waals surface area contributed by atoms with Gasteiger partial charge in [-0.1, -0.05) is 0 Å². The third-order valence-electron chi connectivity index (χ3n) is 6.85. The summed E-state index contributed by atoms with van der Waals surface area (Å²) in [5.41, 5.74) is -0.638. The number of halogens is 6. The number of nitrogens with one attached hydrogen (secondary N) is 6. The normalized spacial score (nSPS) is 11.3. The molecule has 52 heavy (non-hydrogen) atoms. The van der Waals surface area contributed by atoms with E-state index in [2.05, 4.69) is 51.8 Å². The van der Waals surface area contributed by atoms with Gasteiger partial charge in [-0.3, -0.25) is 19.2 Å². The molecule has 4 rings (SSSR count). The number of carbonyl (C=O) groups excluding carboxylic acids is 4. The minimum Gasteiger partial charge on any atom is -0.368 e. The van der Waals surface area contributed by atoms with Crippen molar-refractivity contribution in [2.75, 3.05) is 47.4 Å². The summed E-state index contributed by atoms with van der Waals surface area (Å²) >= 11 is 0. The molecule has 0 aliphatic heterocycles. The third kappa shape index (κ3) is 11.6. The van der Waals surface area contributed by atoms with E-state index in [0.717, 1.165) is 0 Å². The van der Waals surface area contributed by atoms with Crippen molar-refractivity contribution in [1.29, 1.82) is 0 Å². The second-order valence-corrected chi connectivity index (χ2v) is 10.7. The first-order valence-electron chi connectivity index (χ1n) is 15.3. The van der Waals surface area contributed by atoms with E-state index < -0.39 is 46.9 Å². The van der Waals surface area contributed by atoms with Gasteiger partial charge in [0.05, 0.1) is 0 Å². The van der Waals surface area contributed by atoms with Crippen LogP contribution in [0.4, 0.5) is 61.2 Å². The lowest BCUT2D eigenvalue weighted by Gasteiger charge is -2.15. The fraction of sp³-hybridized carbons (Fsp3) is 0.250. The minimum atomic E-state index is -4.78. The van der Waals surface area contributed by atoms with E-state index in [-0.39, 0.29) is 50.9 Å². The summed E-state index contributed by atoms with van der Waals surface area (Å²) in [6.45, 7) is -0.570. The van der Waals surface area contributed by atoms with Crippen molar-refractivity contribution in [3.05, 3.63) is 83.2 Å². The summed E-state index contributed by atoms with van der Waals surface area (Å²) in [4.78, 5) is 61.2. The minimum absolute atomic E-state index is 0.122. The highest BCUT2D eigenvalue weighted by molar-refractivity contribution is 5.83. The molecule has 0 bridgehead atoms. The molecule has 0 aliphatic carbocycles. The Balaban J connectivity index is 1.20. The highest BCUT2D eigenvalue weighted by Crippen LogP contribution is 2.35. The monoisotopic (exact) mass is 732 g/mol. The molecular formula is C32H30F6N10O4. The Hall–Kier alpha value is -6.34. The molecule has 2 aromatic carbocycles. The van der Waals surface area contributed by atoms with Crippen LogP contribution in [-0.2, 0) is 21.9 Å². The molecule has 0 saturated heterocycles. The maximum atomic E-state index is 13.5. The number of hydrogen-bond donors (Lipinski definition) is 6. The predicted molar refractivity (Wildman–Crippen MR) is 177 cm³/mol. The Labute approximate surface area is 291 Å². The van der Waals surface area contributed by atoms with E-state index in [1.807, 2.05) is 0 Å². The molecule has 14 nitrogen and oxygen atoms in total. The van der Waals surface area contributed by atoms with Gasteiger partial charge in [-0.05, 0) is 48.5 Å². The van der Waals surface area contributed by atoms with Crippen LogP contribution in [-0.4, -0.2) is 70.5 Å². The van der Waals surface area contributed by atoms with Crippen molar-refractivity contribution in [1.82, 2.24) is 30.6 Å². The SMILES string of the molecule is O=Cc1ccc(Nc2ncc(C(F)(F)F)c(NCCNC(=O)CCC(=O)NCCNc3nc(Nc4ccc(C=O)cc4)ncc3C(F)(F)F)n2)cc1. The van der Waals surface area contributed by atoms with Gasteiger partial charge in [0.15, 0.2) is 0 Å². The number of aromatic nitrogens is 4. The van der Waals surface area contributed by atoms with E-state index in [4.69, 9.17) is 0 Å². The van der Waals surface area contributed by atoms with E-state index in [9.17, 15) is 45.5 Å². The lowest BCUT2D eigenvalue weighted by molar-refractivity contribution is -0.138. The fourth-order valence-corrected chi connectivity index (χ4v) is 4.29. The van der Waals surface area contributed by atoms with Gasteiger partial charge < -0.3 is 31.9 Å². The Bertz CT molecular complexity index is 1720. The zero-order valence-electron chi connectivity index (χ0n) is 26.9. The lowest BCUT2D eigenvalue weighted by atomic mass is 10.2. The van der Waals surface area contributed by atoms with Crippen molar-refractivity contribution in [2.45, 2.75) is 25.2 Å². The second kappa shape index (κ2) is 17.5. The van der Waals surface area contributed by atoms with Crippen molar-refractivity contribution >= 4 is 59.3 Å². The summed E-state index contributed by atoms with van der Waals surface area (Å²) in [6.07, 6.45) is -7.64. The Morgan fingerprint density at radius 1 is 0.577 bits per heavy atom. The van der Waals surface area contributed by atoms with Crippen molar-refractivity contribution in [2.24, 2.45) is 0 Å². The number of aldehydes is 2. The maximum absolute atomic E-state index is 13.5. The summed E-state index contributed by atoms with van der Waals surface area (Å²) < 4.78 is 81.2. The Morgan fingerprint density at radius 2 is 0.942 bits per heavy atom. The molecule has 20 heteroatoms. The molecule has 0 unspecified atom stereocenters. The smallest absolute Gasteiger partial charge is 0.368 e. The van der Waals surface area contributed by atoms with Crippen LogP contribution >= 0.6 is 0 Å². The average Bonchev–Trinajstić information content (AvgIpc) is 3.11. The second-order valence-electron chi connectivity index (χ2n) is 10.7. The van der Waals surface area contributed by atoms with E-state index in [1.54, 1.807) is 0 Å². The quantitative estimate of drug-likeness (QED) is 0.0487. The zero-order chi connectivity index (χ0) is 37.7. The molecule has 0 fully saturated rings. The van der Waals surface area contributed by atoms with Gasteiger partial charge in [0.2, 0.25) is 23.7 Å². The van der Waals surface area contributed by atoms with Crippen LogP contribution in [0.1, 0.15) is 44.7 Å². The van der Waals surface area contributed by atoms with Gasteiger partial charge in [0.1, 0.15) is 35.3 Å². The van der Waals surface area contributed by atoms with Crippen LogP contribution in [0, 0.1) is 0 Å². The first-order valence-corrected chi connectivity index (χ1v) is 15.3. The van der Waals surface area contributed by atoms with Crippen LogP contribution in [0.25, 0.3) is 0 Å². The molecule has 0 atom stereocenters. The number of carbonyl (C=O) groups is 4. The molecule has 0 spiro atoms. The highest BCUT2D eigenvalue weighted by Gasteiger charge is 2.36. The topological polar surface area (TPSA) is 192 Å². The standard InChI is InChI=1S/C32H30F6N10O4/c33-31(34,35)23-15-43-29(45-21-5-1-19(17-49)2-6-21)47-27(23)41-13-11-39-25(51)9-10-26(52)40-12-14-42-28-24(32(36,37)38)16-44-30(48-28)46-22-7-3-20(18-50)4-8-22/h1-8,15-18H,9-14H2,(H,39,51)(H,40,52)(H2,41,43,45,47)(H2,42,44,46,48). The average molecular weight is 733 g/mol. The number of hydrogen-bond acceptors (Lipinski definition) is 12. The predicted octanol–water partition coefficient (Wildman–Crippen LogP) is 4.95. The molecule has 0 aliphatic rings. The molecule has 2 amide bonds. The van der Waals surface area contributed by atoms with Gasteiger partial charge in [-0.25, -0.2) is 9.97 Å². The van der Waals surface area contributed by atoms with Gasteiger partial charge in [0, 0.05) is 73.9 Å². The number of amides is 2. The number of benzene rings is 2. The van der Waals surface area contributed by atoms with Gasteiger partial charge in [-0.15, -0.1) is 0 Å². The number of rotatable bonds is 17. The third-order valence-corrected chi connectivity index (χ3v) is 6.85. The van der Waals surface area contributed by atoms with Gasteiger partial charge in [-0.2, -0.15) is 36.3 Å². The zero-order valence-corrected chi connectivity index (χ0v) is 26.9. The molecule has 0 saturated carbocycles. The maximum Gasteiger partial charge on any atom is 0.421 e. The van der Waals surface area contributed by atoms with Crippen LogP contribution in [0.15, 0.2) is 60.9 Å². The Kier molecular flexibility index (Phi) is 13.0. The van der Waals surface area contributed by atoms with Crippen LogP contribution in [0.5, 0.6) is 0 Å². The van der Waals surface area contributed by atoms with Crippen LogP contribution in [0.3, 0.4) is 0 Å². The van der Waals surface area contributed by atoms with E-state index in [0.29, 0.717) is 47.5 Å². The molecule has 6 N–H and O–H groups in total. The first kappa shape index (κ1) is 38.5. The summed E-state index contributed by atoms with van der Waals surface area (Å²) in [5, 5.41) is 15.4. The number of alkyl halides is 6. The van der Waals surface area contributed by atoms with E-state index >= 15 is 0 Å². The lowest BCUT2D eigenvalue weighted by Crippen LogP contribution is -2.32. The molecule has 0 radical (unpaired) electrons. The summed E-state index contributed by atoms with van der Waals surface area (Å²) in [7, 11) is 0. The first-order chi connectivity index (χ1) is 24.7. The summed E-state index contributed by atoms with van der Waals surface area (Å²) in [6, 6.07) is 12.1.